The maximum atomic E-state index is 2.35. The summed E-state index contributed by atoms with van der Waals surface area (Å²) in [6, 6.07) is 0. The summed E-state index contributed by atoms with van der Waals surface area (Å²) in [5, 5.41) is 0. The van der Waals surface area contributed by atoms with E-state index in [4.69, 9.17) is 0 Å². The minimum absolute atomic E-state index is 1.13. The lowest BCUT2D eigenvalue weighted by molar-refractivity contribution is 0.344. The van der Waals surface area contributed by atoms with Gasteiger partial charge in [0.1, 0.15) is 0 Å². The minimum Gasteiger partial charge on any atom is -0.305 e. The zero-order valence-corrected chi connectivity index (χ0v) is 7.80. The van der Waals surface area contributed by atoms with Gasteiger partial charge in [-0.25, -0.2) is 0 Å². The molecule has 1 aliphatic heterocycles. The molecule has 0 saturated carbocycles. The molecular formula is C9H18N2. The SMILES string of the molecule is CN(C)CC1=CCN(C)CC1. The molecule has 0 radical (unpaired) electrons. The van der Waals surface area contributed by atoms with Crippen molar-refractivity contribution in [1.82, 2.24) is 9.80 Å². The maximum absolute atomic E-state index is 2.35. The van der Waals surface area contributed by atoms with Gasteiger partial charge in [-0.15, -0.1) is 0 Å². The van der Waals surface area contributed by atoms with Gasteiger partial charge in [-0.3, -0.25) is 0 Å². The number of hydrogen-bond acceptors (Lipinski definition) is 2. The first kappa shape index (κ1) is 8.75. The van der Waals surface area contributed by atoms with Crippen LogP contribution >= 0.6 is 0 Å². The molecule has 0 amide bonds. The fourth-order valence-electron chi connectivity index (χ4n) is 1.36. The van der Waals surface area contributed by atoms with Gasteiger partial charge in [0.2, 0.25) is 0 Å². The molecule has 2 heteroatoms. The predicted molar refractivity (Wildman–Crippen MR) is 48.8 cm³/mol. The van der Waals surface area contributed by atoms with Crippen molar-refractivity contribution in [2.24, 2.45) is 0 Å². The second-order valence-corrected chi connectivity index (χ2v) is 3.61. The van der Waals surface area contributed by atoms with Crippen LogP contribution in [-0.4, -0.2) is 50.6 Å². The third-order valence-corrected chi connectivity index (χ3v) is 2.03. The van der Waals surface area contributed by atoms with Crippen LogP contribution in [0.2, 0.25) is 0 Å². The van der Waals surface area contributed by atoms with Gasteiger partial charge in [0, 0.05) is 19.6 Å². The van der Waals surface area contributed by atoms with Crippen molar-refractivity contribution >= 4 is 0 Å². The van der Waals surface area contributed by atoms with Crippen LogP contribution in [0.1, 0.15) is 6.42 Å². The monoisotopic (exact) mass is 154 g/mol. The van der Waals surface area contributed by atoms with Crippen LogP contribution in [0.25, 0.3) is 0 Å². The Balaban J connectivity index is 2.35. The van der Waals surface area contributed by atoms with Gasteiger partial charge in [-0.05, 0) is 27.6 Å². The molecule has 1 heterocycles. The Kier molecular flexibility index (Phi) is 3.09. The summed E-state index contributed by atoms with van der Waals surface area (Å²) in [6.07, 6.45) is 3.60. The molecular weight excluding hydrogens is 136 g/mol. The van der Waals surface area contributed by atoms with Gasteiger partial charge < -0.3 is 9.80 Å². The number of hydrogen-bond donors (Lipinski definition) is 0. The van der Waals surface area contributed by atoms with E-state index in [-0.39, 0.29) is 0 Å². The van der Waals surface area contributed by atoms with E-state index in [0.717, 1.165) is 13.1 Å². The molecule has 0 aliphatic carbocycles. The standard InChI is InChI=1S/C9H18N2/c1-10(2)8-9-4-6-11(3)7-5-9/h4H,5-8H2,1-3H3. The van der Waals surface area contributed by atoms with Crippen LogP contribution in [0, 0.1) is 0 Å². The summed E-state index contributed by atoms with van der Waals surface area (Å²) >= 11 is 0. The quantitative estimate of drug-likeness (QED) is 0.543. The summed E-state index contributed by atoms with van der Waals surface area (Å²) in [4.78, 5) is 4.58. The van der Waals surface area contributed by atoms with Crippen LogP contribution < -0.4 is 0 Å². The van der Waals surface area contributed by atoms with Crippen LogP contribution in [0.5, 0.6) is 0 Å². The Labute approximate surface area is 69.5 Å². The molecule has 0 aromatic heterocycles. The topological polar surface area (TPSA) is 6.48 Å². The Morgan fingerprint density at radius 2 is 2.27 bits per heavy atom. The average molecular weight is 154 g/mol. The van der Waals surface area contributed by atoms with Crippen molar-refractivity contribution in [3.8, 4) is 0 Å². The third kappa shape index (κ3) is 3.04. The lowest BCUT2D eigenvalue weighted by Crippen LogP contribution is -2.27. The van der Waals surface area contributed by atoms with E-state index in [0.29, 0.717) is 0 Å². The first-order valence-electron chi connectivity index (χ1n) is 4.19. The molecule has 1 aliphatic rings. The highest BCUT2D eigenvalue weighted by atomic mass is 15.1. The zero-order chi connectivity index (χ0) is 8.27. The molecule has 0 fully saturated rings. The van der Waals surface area contributed by atoms with Gasteiger partial charge in [-0.1, -0.05) is 11.6 Å². The normalized spacial score (nSPS) is 20.5. The van der Waals surface area contributed by atoms with E-state index < -0.39 is 0 Å². The first-order chi connectivity index (χ1) is 5.18. The van der Waals surface area contributed by atoms with Gasteiger partial charge in [0.25, 0.3) is 0 Å². The molecule has 0 spiro atoms. The first-order valence-corrected chi connectivity index (χ1v) is 4.19. The van der Waals surface area contributed by atoms with Crippen molar-refractivity contribution in [1.29, 1.82) is 0 Å². The van der Waals surface area contributed by atoms with Gasteiger partial charge >= 0.3 is 0 Å². The van der Waals surface area contributed by atoms with E-state index in [1.165, 1.54) is 13.0 Å². The lowest BCUT2D eigenvalue weighted by Gasteiger charge is -2.23. The Morgan fingerprint density at radius 3 is 2.73 bits per heavy atom. The lowest BCUT2D eigenvalue weighted by atomic mass is 10.1. The molecule has 0 saturated heterocycles. The molecule has 11 heavy (non-hydrogen) atoms. The third-order valence-electron chi connectivity index (χ3n) is 2.03. The highest BCUT2D eigenvalue weighted by molar-refractivity contribution is 5.08. The molecule has 0 bridgehead atoms. The maximum Gasteiger partial charge on any atom is 0.0187 e. The van der Waals surface area contributed by atoms with E-state index in [2.05, 4.69) is 37.0 Å². The molecule has 1 rings (SSSR count). The second kappa shape index (κ2) is 3.88. The zero-order valence-electron chi connectivity index (χ0n) is 7.80. The number of rotatable bonds is 2. The molecule has 0 unspecified atom stereocenters. The average Bonchev–Trinajstić information content (AvgIpc) is 1.93. The molecule has 0 N–H and O–H groups in total. The van der Waals surface area contributed by atoms with Crippen LogP contribution in [0.3, 0.4) is 0 Å². The molecule has 0 atom stereocenters. The number of nitrogens with zero attached hydrogens (tertiary/aromatic N) is 2. The van der Waals surface area contributed by atoms with Crippen molar-refractivity contribution in [2.75, 3.05) is 40.8 Å². The smallest absolute Gasteiger partial charge is 0.0187 e. The summed E-state index contributed by atoms with van der Waals surface area (Å²) in [5.41, 5.74) is 1.59. The van der Waals surface area contributed by atoms with Crippen molar-refractivity contribution in [2.45, 2.75) is 6.42 Å². The van der Waals surface area contributed by atoms with Crippen LogP contribution in [0.15, 0.2) is 11.6 Å². The predicted octanol–water partition coefficient (Wildman–Crippen LogP) is 0.810. The summed E-state index contributed by atoms with van der Waals surface area (Å²) < 4.78 is 0. The molecule has 64 valence electrons. The summed E-state index contributed by atoms with van der Waals surface area (Å²) in [7, 11) is 6.42. The van der Waals surface area contributed by atoms with Gasteiger partial charge in [0.15, 0.2) is 0 Å². The second-order valence-electron chi connectivity index (χ2n) is 3.61. The van der Waals surface area contributed by atoms with Gasteiger partial charge in [-0.2, -0.15) is 0 Å². The number of likely N-dealkylation sites (N-methyl/N-ethyl adjacent to an activating group) is 2. The minimum atomic E-state index is 1.13. The molecule has 0 aromatic rings. The van der Waals surface area contributed by atoms with E-state index in [1.807, 2.05) is 0 Å². The summed E-state index contributed by atoms with van der Waals surface area (Å²) in [6.45, 7) is 3.48. The fourth-order valence-corrected chi connectivity index (χ4v) is 1.36. The van der Waals surface area contributed by atoms with Gasteiger partial charge in [0.05, 0.1) is 0 Å². The highest BCUT2D eigenvalue weighted by Gasteiger charge is 2.07. The molecule has 2 nitrogen and oxygen atoms in total. The van der Waals surface area contributed by atoms with Crippen molar-refractivity contribution < 1.29 is 0 Å². The fraction of sp³-hybridized carbons (Fsp3) is 0.778. The Morgan fingerprint density at radius 1 is 1.55 bits per heavy atom. The van der Waals surface area contributed by atoms with E-state index >= 15 is 0 Å². The largest absolute Gasteiger partial charge is 0.305 e. The van der Waals surface area contributed by atoms with Crippen molar-refractivity contribution in [3.05, 3.63) is 11.6 Å². The Hall–Kier alpha value is -0.340. The molecule has 0 aromatic carbocycles. The van der Waals surface area contributed by atoms with Crippen LogP contribution in [-0.2, 0) is 0 Å². The van der Waals surface area contributed by atoms with E-state index in [9.17, 15) is 0 Å². The van der Waals surface area contributed by atoms with E-state index in [1.54, 1.807) is 5.57 Å². The Bertz CT molecular complexity index is 150. The van der Waals surface area contributed by atoms with Crippen molar-refractivity contribution in [3.63, 3.8) is 0 Å². The highest BCUT2D eigenvalue weighted by Crippen LogP contribution is 2.08. The van der Waals surface area contributed by atoms with Crippen LogP contribution in [0.4, 0.5) is 0 Å². The summed E-state index contributed by atoms with van der Waals surface area (Å²) in [5.74, 6) is 0.